The average molecular weight is 1270 g/mol. The minimum atomic E-state index is -0.500. The van der Waals surface area contributed by atoms with Gasteiger partial charge in [-0.05, 0) is 6.92 Å². The Labute approximate surface area is 407 Å². The number of aliphatic hydroxyl groups excluding tert-OH is 2. The monoisotopic (exact) mass is 1270 g/mol. The van der Waals surface area contributed by atoms with Crippen LogP contribution in [-0.4, -0.2) is 85.3 Å². The van der Waals surface area contributed by atoms with Crippen molar-refractivity contribution in [2.45, 2.75) is 62.3 Å². The molecule has 0 heterocycles. The molecule has 0 fully saturated rings. The molecule has 0 radical (unpaired) electrons. The normalized spacial score (nSPS) is 5.69. The smallest absolute Gasteiger partial charge is 0.194 e. The third-order valence-corrected chi connectivity index (χ3v) is 2.67. The van der Waals surface area contributed by atoms with Crippen molar-refractivity contribution in [2.75, 3.05) is 49.1 Å². The first-order valence-electron chi connectivity index (χ1n) is 17.5. The fourth-order valence-electron chi connectivity index (χ4n) is 1.54. The molecule has 3 unspecified atom stereocenters. The van der Waals surface area contributed by atoms with Crippen LogP contribution < -0.4 is 0 Å². The van der Waals surface area contributed by atoms with E-state index in [1.54, 1.807) is 0 Å². The zero-order chi connectivity index (χ0) is 48.0. The number of rotatable bonds is 0. The molecule has 4 aromatic rings. The predicted octanol–water partition coefficient (Wildman–Crippen LogP) is 10.4. The summed E-state index contributed by atoms with van der Waals surface area (Å²) in [6, 6.07) is 48.0. The van der Waals surface area contributed by atoms with E-state index >= 15 is 0 Å². The first-order valence-corrected chi connectivity index (χ1v) is 18.7. The number of nitro groups is 4. The Bertz CT molecular complexity index is 837. The van der Waals surface area contributed by atoms with Crippen LogP contribution in [0.3, 0.4) is 0 Å². The van der Waals surface area contributed by atoms with Crippen molar-refractivity contribution in [3.63, 3.8) is 0 Å². The van der Waals surface area contributed by atoms with Gasteiger partial charge in [0, 0.05) is 76.0 Å². The van der Waals surface area contributed by atoms with Crippen molar-refractivity contribution < 1.29 is 76.8 Å². The number of hydrogen-bond acceptors (Lipinski definition) is 11. The molecule has 4 rings (SSSR count). The van der Waals surface area contributed by atoms with E-state index in [1.165, 1.54) is 6.92 Å². The fraction of sp³-hybridized carbons (Fsp3) is 0.390. The summed E-state index contributed by atoms with van der Waals surface area (Å²) in [6.07, 6.45) is 0.750. The maximum Gasteiger partial charge on any atom is 0.194 e. The van der Waals surface area contributed by atoms with E-state index in [0.717, 1.165) is 48.7 Å². The van der Waals surface area contributed by atoms with Gasteiger partial charge in [0.05, 0.1) is 0 Å². The molecule has 3 atom stereocenters. The molecule has 0 aliphatic carbocycles. The van der Waals surface area contributed by atoms with Crippen LogP contribution in [0.2, 0.25) is 0 Å². The van der Waals surface area contributed by atoms with E-state index < -0.39 is 19.7 Å². The van der Waals surface area contributed by atoms with Crippen molar-refractivity contribution in [1.82, 2.24) is 0 Å². The summed E-state index contributed by atoms with van der Waals surface area (Å²) >= 11 is 0. The van der Waals surface area contributed by atoms with Crippen molar-refractivity contribution in [3.05, 3.63) is 186 Å². The second kappa shape index (κ2) is 155. The second-order valence-electron chi connectivity index (χ2n) is 6.61. The van der Waals surface area contributed by atoms with Crippen molar-refractivity contribution >= 4 is 35.3 Å². The number of aldehydes is 1. The van der Waals surface area contributed by atoms with Crippen LogP contribution >= 0.6 is 29.0 Å². The molecule has 0 amide bonds. The molecule has 61 heavy (non-hydrogen) atoms. The van der Waals surface area contributed by atoms with Crippen LogP contribution in [0.15, 0.2) is 146 Å². The molecular weight excluding hydrogens is 1190 g/mol. The molecular formula is C41H83N4O11P3W2. The summed E-state index contributed by atoms with van der Waals surface area (Å²) in [5, 5.41) is 49.2. The van der Waals surface area contributed by atoms with Crippen LogP contribution in [0, 0.1) is 40.5 Å². The molecule has 2 N–H and O–H groups in total. The minimum absolute atomic E-state index is 0. The number of benzene rings is 4. The number of aliphatic hydroxyl groups is 2. The Morgan fingerprint density at radius 2 is 0.361 bits per heavy atom. The second-order valence-corrected chi connectivity index (χ2v) is 6.61. The molecule has 0 aliphatic heterocycles. The number of carbonyl (C=O) groups excluding carboxylic acids is 1. The van der Waals surface area contributed by atoms with Gasteiger partial charge in [0.25, 0.3) is 0 Å². The van der Waals surface area contributed by atoms with Gasteiger partial charge in [-0.25, -0.2) is 0 Å². The fourth-order valence-corrected chi connectivity index (χ4v) is 1.54. The van der Waals surface area contributed by atoms with Crippen molar-refractivity contribution in [3.8, 4) is 0 Å². The quantitative estimate of drug-likeness (QED) is 0.0728. The Morgan fingerprint density at radius 1 is 0.344 bits per heavy atom. The van der Waals surface area contributed by atoms with Gasteiger partial charge in [-0.15, -0.1) is 9.24 Å². The molecule has 4 aromatic carbocycles. The standard InChI is InChI=1S/4C6H6.C2H4O.4C2H6.4CH3NO2.2CH4O.CH5P.2H3P.2W/c4*1-2-4-6-5-3-1;1-2-3;4*1-2;4*1-2(3)4;3*1-2;;;;/h4*1-6H;2H,1H3;4*1-2H3;4*1H3;2*2H,1H3;2H2,1H3;2*1H3;;. The maximum atomic E-state index is 8.81. The van der Waals surface area contributed by atoms with Crippen LogP contribution in [-0.2, 0) is 46.9 Å². The van der Waals surface area contributed by atoms with Gasteiger partial charge in [0.15, 0.2) is 28.2 Å². The summed E-state index contributed by atoms with van der Waals surface area (Å²) in [6.45, 7) is 19.4. The molecule has 0 saturated carbocycles. The van der Waals surface area contributed by atoms with E-state index in [4.69, 9.17) is 55.5 Å². The third-order valence-electron chi connectivity index (χ3n) is 2.67. The van der Waals surface area contributed by atoms with Gasteiger partial charge in [-0.2, -0.15) is 19.8 Å². The summed E-state index contributed by atoms with van der Waals surface area (Å²) in [7, 11) is 7.97. The summed E-state index contributed by atoms with van der Waals surface area (Å²) < 4.78 is 0. The van der Waals surface area contributed by atoms with Crippen molar-refractivity contribution in [2.24, 2.45) is 0 Å². The first kappa shape index (κ1) is 107. The van der Waals surface area contributed by atoms with E-state index in [0.29, 0.717) is 0 Å². The van der Waals surface area contributed by atoms with E-state index in [1.807, 2.05) is 208 Å². The molecule has 0 aliphatic rings. The molecule has 0 bridgehead atoms. The zero-order valence-electron chi connectivity index (χ0n) is 39.6. The Morgan fingerprint density at radius 3 is 0.377 bits per heavy atom. The maximum absolute atomic E-state index is 8.81. The summed E-state index contributed by atoms with van der Waals surface area (Å²) in [4.78, 5) is 42.0. The van der Waals surface area contributed by atoms with Crippen LogP contribution in [0.5, 0.6) is 0 Å². The van der Waals surface area contributed by atoms with Gasteiger partial charge >= 0.3 is 0 Å². The van der Waals surface area contributed by atoms with Gasteiger partial charge < -0.3 is 15.0 Å². The Hall–Kier alpha value is -3.26. The molecule has 0 saturated heterocycles. The molecule has 0 spiro atoms. The van der Waals surface area contributed by atoms with Gasteiger partial charge in [0.2, 0.25) is 0 Å². The van der Waals surface area contributed by atoms with Crippen LogP contribution in [0.1, 0.15) is 62.3 Å². The Balaban J connectivity index is -0.0000000257. The van der Waals surface area contributed by atoms with E-state index in [9.17, 15) is 0 Å². The number of nitrogens with zero attached hydrogens (tertiary/aromatic N) is 4. The molecule has 20 heteroatoms. The largest absolute Gasteiger partial charge is 0.400 e. The molecule has 360 valence electrons. The minimum Gasteiger partial charge on any atom is -0.400 e. The van der Waals surface area contributed by atoms with E-state index in [2.05, 4.69) is 9.24 Å². The SMILES string of the molecule is CC.CC.CC.CC.CC=O.CO.CO.CP.C[N+](=O)[O-].C[N+](=O)[O-].C[N+](=O)[O-].C[N+](=O)[O-].P.P.[W].[W].c1ccccc1.c1ccccc1.c1ccccc1.c1ccccc1. The summed E-state index contributed by atoms with van der Waals surface area (Å²) in [5.41, 5.74) is 0. The van der Waals surface area contributed by atoms with Crippen LogP contribution in [0.25, 0.3) is 0 Å². The number of carbonyl (C=O) groups is 1. The Kier molecular flexibility index (Phi) is 271. The van der Waals surface area contributed by atoms with Gasteiger partial charge in [0.1, 0.15) is 6.29 Å². The topological polar surface area (TPSA) is 230 Å². The van der Waals surface area contributed by atoms with Gasteiger partial charge in [-0.1, -0.05) is 208 Å². The van der Waals surface area contributed by atoms with Crippen LogP contribution in [0.4, 0.5) is 0 Å². The van der Waals surface area contributed by atoms with Gasteiger partial charge in [-0.3, -0.25) is 40.5 Å². The predicted molar refractivity (Wildman–Crippen MR) is 269 cm³/mol. The molecule has 0 aromatic heterocycles. The van der Waals surface area contributed by atoms with Crippen molar-refractivity contribution in [1.29, 1.82) is 0 Å². The first-order chi connectivity index (χ1) is 27.3. The zero-order valence-corrected chi connectivity index (χ0v) is 49.4. The third kappa shape index (κ3) is 395. The molecule has 15 nitrogen and oxygen atoms in total. The summed E-state index contributed by atoms with van der Waals surface area (Å²) in [5.74, 6) is 0. The number of hydrogen-bond donors (Lipinski definition) is 2. The average Bonchev–Trinajstić information content (AvgIpc) is 3.26. The van der Waals surface area contributed by atoms with E-state index in [-0.39, 0.29) is 61.9 Å².